The van der Waals surface area contributed by atoms with Gasteiger partial charge in [0.15, 0.2) is 0 Å². The lowest BCUT2D eigenvalue weighted by Gasteiger charge is -2.26. The molecule has 0 saturated carbocycles. The Morgan fingerprint density at radius 3 is 2.44 bits per heavy atom. The van der Waals surface area contributed by atoms with Crippen molar-refractivity contribution in [3.8, 4) is 5.75 Å². The Morgan fingerprint density at radius 1 is 1.31 bits per heavy atom. The van der Waals surface area contributed by atoms with Gasteiger partial charge in [-0.15, -0.1) is 0 Å². The van der Waals surface area contributed by atoms with E-state index in [1.54, 1.807) is 0 Å². The van der Waals surface area contributed by atoms with E-state index in [1.165, 1.54) is 5.56 Å². The predicted octanol–water partition coefficient (Wildman–Crippen LogP) is 3.05. The normalized spacial score (nSPS) is 11.9. The minimum absolute atomic E-state index is 0.116. The second kappa shape index (κ2) is 4.88. The van der Waals surface area contributed by atoms with Crippen molar-refractivity contribution in [1.29, 1.82) is 0 Å². The molecule has 90 valence electrons. The Labute approximate surface area is 98.3 Å². The molecule has 0 bridgehead atoms. The van der Waals surface area contributed by atoms with Crippen molar-refractivity contribution in [3.63, 3.8) is 0 Å². The van der Waals surface area contributed by atoms with Crippen molar-refractivity contribution >= 4 is 0 Å². The van der Waals surface area contributed by atoms with E-state index >= 15 is 0 Å². The first-order valence-electron chi connectivity index (χ1n) is 5.75. The highest BCUT2D eigenvalue weighted by Crippen LogP contribution is 2.32. The summed E-state index contributed by atoms with van der Waals surface area (Å²) in [5.74, 6) is 0.875. The molecule has 16 heavy (non-hydrogen) atoms. The maximum atomic E-state index is 9.44. The lowest BCUT2D eigenvalue weighted by atomic mass is 9.84. The van der Waals surface area contributed by atoms with E-state index in [9.17, 15) is 5.11 Å². The quantitative estimate of drug-likeness (QED) is 0.848. The summed E-state index contributed by atoms with van der Waals surface area (Å²) in [6.45, 7) is 10.2. The van der Waals surface area contributed by atoms with Crippen LogP contribution in [0.15, 0.2) is 18.2 Å². The van der Waals surface area contributed by atoms with Crippen LogP contribution in [0.25, 0.3) is 0 Å². The van der Waals surface area contributed by atoms with Gasteiger partial charge in [-0.1, -0.05) is 31.5 Å². The molecule has 0 spiro atoms. The summed E-state index contributed by atoms with van der Waals surface area (Å²) in [5.41, 5.74) is 1.99. The number of rotatable bonds is 4. The lowest BCUT2D eigenvalue weighted by Crippen LogP contribution is -2.24. The van der Waals surface area contributed by atoms with Gasteiger partial charge in [0, 0.05) is 11.0 Å². The van der Waals surface area contributed by atoms with Crippen LogP contribution in [0.4, 0.5) is 0 Å². The highest BCUT2D eigenvalue weighted by atomic mass is 16.5. The number of benzene rings is 1. The maximum absolute atomic E-state index is 9.44. The SMILES string of the molecule is Cc1ccc(OC(C)C)c(C(C)(C)CO)c1. The molecular formula is C14H22O2. The van der Waals surface area contributed by atoms with Crippen molar-refractivity contribution in [2.45, 2.75) is 46.1 Å². The summed E-state index contributed by atoms with van der Waals surface area (Å²) in [5, 5.41) is 9.44. The van der Waals surface area contributed by atoms with Crippen LogP contribution >= 0.6 is 0 Å². The molecule has 1 aromatic rings. The Balaban J connectivity index is 3.18. The monoisotopic (exact) mass is 222 g/mol. The van der Waals surface area contributed by atoms with E-state index in [1.807, 2.05) is 39.8 Å². The third kappa shape index (κ3) is 2.99. The summed E-state index contributed by atoms with van der Waals surface area (Å²) in [7, 11) is 0. The van der Waals surface area contributed by atoms with Gasteiger partial charge in [-0.3, -0.25) is 0 Å². The van der Waals surface area contributed by atoms with Gasteiger partial charge in [0.05, 0.1) is 12.7 Å². The van der Waals surface area contributed by atoms with E-state index in [0.717, 1.165) is 11.3 Å². The van der Waals surface area contributed by atoms with Crippen LogP contribution < -0.4 is 4.74 Å². The van der Waals surface area contributed by atoms with Crippen LogP contribution in [0.1, 0.15) is 38.8 Å². The first kappa shape index (κ1) is 13.0. The van der Waals surface area contributed by atoms with Crippen LogP contribution in [-0.2, 0) is 5.41 Å². The topological polar surface area (TPSA) is 29.5 Å². The van der Waals surface area contributed by atoms with Crippen molar-refractivity contribution in [2.24, 2.45) is 0 Å². The zero-order chi connectivity index (χ0) is 12.3. The average molecular weight is 222 g/mol. The number of aryl methyl sites for hydroxylation is 1. The van der Waals surface area contributed by atoms with Crippen molar-refractivity contribution in [3.05, 3.63) is 29.3 Å². The summed E-state index contributed by atoms with van der Waals surface area (Å²) >= 11 is 0. The molecule has 0 radical (unpaired) electrons. The Hall–Kier alpha value is -1.02. The zero-order valence-corrected chi connectivity index (χ0v) is 10.9. The number of hydrogen-bond acceptors (Lipinski definition) is 2. The minimum Gasteiger partial charge on any atom is -0.491 e. The van der Waals surface area contributed by atoms with Crippen LogP contribution in [0, 0.1) is 6.92 Å². The molecule has 2 heteroatoms. The molecule has 0 amide bonds. The molecule has 1 rings (SSSR count). The molecule has 0 aliphatic heterocycles. The number of aliphatic hydroxyl groups is 1. The standard InChI is InChI=1S/C14H22O2/c1-10(2)16-13-7-6-11(3)8-12(13)14(4,5)9-15/h6-8,10,15H,9H2,1-5H3. The fourth-order valence-corrected chi connectivity index (χ4v) is 1.61. The molecule has 0 atom stereocenters. The van der Waals surface area contributed by atoms with Crippen LogP contribution in [-0.4, -0.2) is 17.8 Å². The third-order valence-corrected chi connectivity index (χ3v) is 2.62. The second-order valence-electron chi connectivity index (χ2n) is 5.21. The molecule has 0 saturated heterocycles. The maximum Gasteiger partial charge on any atom is 0.123 e. The minimum atomic E-state index is -0.268. The molecule has 0 aliphatic carbocycles. The molecule has 2 nitrogen and oxygen atoms in total. The molecule has 0 unspecified atom stereocenters. The first-order valence-corrected chi connectivity index (χ1v) is 5.75. The van der Waals surface area contributed by atoms with Crippen molar-refractivity contribution in [2.75, 3.05) is 6.61 Å². The highest BCUT2D eigenvalue weighted by molar-refractivity contribution is 5.41. The van der Waals surface area contributed by atoms with Gasteiger partial charge < -0.3 is 9.84 Å². The third-order valence-electron chi connectivity index (χ3n) is 2.62. The van der Waals surface area contributed by atoms with E-state index in [2.05, 4.69) is 13.0 Å². The van der Waals surface area contributed by atoms with Crippen LogP contribution in [0.3, 0.4) is 0 Å². The number of ether oxygens (including phenoxy) is 1. The van der Waals surface area contributed by atoms with Crippen LogP contribution in [0.5, 0.6) is 5.75 Å². The molecular weight excluding hydrogens is 200 g/mol. The Kier molecular flexibility index (Phi) is 3.98. The van der Waals surface area contributed by atoms with Gasteiger partial charge in [-0.05, 0) is 26.8 Å². The first-order chi connectivity index (χ1) is 7.36. The van der Waals surface area contributed by atoms with E-state index in [4.69, 9.17) is 4.74 Å². The van der Waals surface area contributed by atoms with E-state index in [0.29, 0.717) is 0 Å². The van der Waals surface area contributed by atoms with E-state index < -0.39 is 0 Å². The predicted molar refractivity (Wildman–Crippen MR) is 67.1 cm³/mol. The summed E-state index contributed by atoms with van der Waals surface area (Å²) in [6.07, 6.45) is 0.149. The molecule has 0 fully saturated rings. The highest BCUT2D eigenvalue weighted by Gasteiger charge is 2.24. The fourth-order valence-electron chi connectivity index (χ4n) is 1.61. The van der Waals surface area contributed by atoms with Gasteiger partial charge in [0.2, 0.25) is 0 Å². The second-order valence-corrected chi connectivity index (χ2v) is 5.21. The van der Waals surface area contributed by atoms with Gasteiger partial charge in [0.25, 0.3) is 0 Å². The molecule has 0 aliphatic rings. The largest absolute Gasteiger partial charge is 0.491 e. The molecule has 1 aromatic carbocycles. The van der Waals surface area contributed by atoms with Gasteiger partial charge >= 0.3 is 0 Å². The van der Waals surface area contributed by atoms with Gasteiger partial charge in [-0.2, -0.15) is 0 Å². The Bertz CT molecular complexity index is 354. The summed E-state index contributed by atoms with van der Waals surface area (Å²) in [6, 6.07) is 6.12. The smallest absolute Gasteiger partial charge is 0.123 e. The van der Waals surface area contributed by atoms with E-state index in [-0.39, 0.29) is 18.1 Å². The summed E-state index contributed by atoms with van der Waals surface area (Å²) < 4.78 is 5.78. The summed E-state index contributed by atoms with van der Waals surface area (Å²) in [4.78, 5) is 0. The number of aliphatic hydroxyl groups excluding tert-OH is 1. The molecule has 1 N–H and O–H groups in total. The van der Waals surface area contributed by atoms with Gasteiger partial charge in [0.1, 0.15) is 5.75 Å². The number of hydrogen-bond donors (Lipinski definition) is 1. The van der Waals surface area contributed by atoms with Gasteiger partial charge in [-0.25, -0.2) is 0 Å². The zero-order valence-electron chi connectivity index (χ0n) is 10.9. The Morgan fingerprint density at radius 2 is 1.94 bits per heavy atom. The average Bonchev–Trinajstić information content (AvgIpc) is 2.20. The lowest BCUT2D eigenvalue weighted by molar-refractivity contribution is 0.201. The van der Waals surface area contributed by atoms with Crippen LogP contribution in [0.2, 0.25) is 0 Å². The van der Waals surface area contributed by atoms with Crippen molar-refractivity contribution < 1.29 is 9.84 Å². The molecule has 0 aromatic heterocycles. The molecule has 0 heterocycles. The fraction of sp³-hybridized carbons (Fsp3) is 0.571. The van der Waals surface area contributed by atoms with Crippen molar-refractivity contribution in [1.82, 2.24) is 0 Å².